The minimum absolute atomic E-state index is 0.441. The van der Waals surface area contributed by atoms with Crippen molar-refractivity contribution in [1.29, 1.82) is 0 Å². The van der Waals surface area contributed by atoms with Gasteiger partial charge in [0.15, 0.2) is 5.78 Å². The van der Waals surface area contributed by atoms with Crippen LogP contribution < -0.4 is 0 Å². The van der Waals surface area contributed by atoms with Crippen LogP contribution >= 0.6 is 11.6 Å². The molecule has 1 aromatic carbocycles. The van der Waals surface area contributed by atoms with Crippen molar-refractivity contribution in [1.82, 2.24) is 0 Å². The first-order valence-corrected chi connectivity index (χ1v) is 4.72. The third-order valence-electron chi connectivity index (χ3n) is 2.07. The number of benzene rings is 1. The summed E-state index contributed by atoms with van der Waals surface area (Å²) in [5.74, 6) is -0.934. The highest BCUT2D eigenvalue weighted by molar-refractivity contribution is 6.35. The van der Waals surface area contributed by atoms with E-state index in [0.29, 0.717) is 12.1 Å². The summed E-state index contributed by atoms with van der Waals surface area (Å²) >= 11 is 5.36. The number of hydrogen-bond acceptors (Lipinski definition) is 1. The normalized spacial score (nSPS) is 12.0. The smallest absolute Gasteiger partial charge is 0.294 e. The summed E-state index contributed by atoms with van der Waals surface area (Å²) in [6, 6.07) is 1.01. The van der Waals surface area contributed by atoms with Gasteiger partial charge >= 0.3 is 6.18 Å². The highest BCUT2D eigenvalue weighted by Crippen LogP contribution is 2.39. The van der Waals surface area contributed by atoms with E-state index in [1.165, 1.54) is 0 Å². The first kappa shape index (κ1) is 13.9. The fraction of sp³-hybridized carbons (Fsp3) is 0.300. The Morgan fingerprint density at radius 2 is 1.82 bits per heavy atom. The number of ketones is 1. The van der Waals surface area contributed by atoms with Crippen molar-refractivity contribution in [2.75, 3.05) is 0 Å². The second-order valence-corrected chi connectivity index (χ2v) is 3.62. The van der Waals surface area contributed by atoms with Gasteiger partial charge in [-0.2, -0.15) is 13.2 Å². The zero-order valence-corrected chi connectivity index (χ0v) is 9.16. The molecule has 7 heteroatoms. The van der Waals surface area contributed by atoms with Gasteiger partial charge in [0.2, 0.25) is 0 Å². The lowest BCUT2D eigenvalue weighted by Crippen LogP contribution is -2.11. The lowest BCUT2D eigenvalue weighted by Gasteiger charge is -2.14. The third kappa shape index (κ3) is 2.74. The van der Waals surface area contributed by atoms with Gasteiger partial charge in [0.05, 0.1) is 10.6 Å². The molecular formula is C10H6ClF5O. The van der Waals surface area contributed by atoms with Crippen molar-refractivity contribution in [2.24, 2.45) is 0 Å². The van der Waals surface area contributed by atoms with Crippen LogP contribution in [0.25, 0.3) is 0 Å². The number of halogens is 6. The monoisotopic (exact) mass is 272 g/mol. The lowest BCUT2D eigenvalue weighted by atomic mass is 10.0. The summed E-state index contributed by atoms with van der Waals surface area (Å²) in [4.78, 5) is 11.1. The van der Waals surface area contributed by atoms with Crippen molar-refractivity contribution >= 4 is 17.4 Å². The Hall–Kier alpha value is -1.17. The van der Waals surface area contributed by atoms with Crippen molar-refractivity contribution < 1.29 is 26.7 Å². The van der Waals surface area contributed by atoms with Crippen molar-refractivity contribution in [3.05, 3.63) is 33.8 Å². The standard InChI is InChI=1S/C10H6ClF5O/c1-4(17)7-5(9(12)13)2-3-6(8(7)11)10(14,15)16/h2-3,9H,1H3. The molecule has 0 aromatic heterocycles. The predicted molar refractivity (Wildman–Crippen MR) is 51.4 cm³/mol. The molecule has 0 aliphatic heterocycles. The Labute approximate surface area is 98.2 Å². The molecule has 0 bridgehead atoms. The molecule has 0 amide bonds. The Kier molecular flexibility index (Phi) is 3.76. The molecular weight excluding hydrogens is 267 g/mol. The Balaban J connectivity index is 3.56. The molecule has 0 aliphatic rings. The van der Waals surface area contributed by atoms with Crippen molar-refractivity contribution in [3.8, 4) is 0 Å². The molecule has 0 N–H and O–H groups in total. The van der Waals surface area contributed by atoms with Crippen LogP contribution in [0.15, 0.2) is 12.1 Å². The van der Waals surface area contributed by atoms with Gasteiger partial charge in [-0.25, -0.2) is 8.78 Å². The molecule has 0 heterocycles. The van der Waals surface area contributed by atoms with Crippen LogP contribution in [0, 0.1) is 0 Å². The summed E-state index contributed by atoms with van der Waals surface area (Å²) in [6.45, 7) is 0.882. The topological polar surface area (TPSA) is 17.1 Å². The fourth-order valence-electron chi connectivity index (χ4n) is 1.35. The molecule has 94 valence electrons. The van der Waals surface area contributed by atoms with Crippen LogP contribution in [-0.2, 0) is 6.18 Å². The van der Waals surface area contributed by atoms with E-state index in [-0.39, 0.29) is 0 Å². The van der Waals surface area contributed by atoms with E-state index in [4.69, 9.17) is 11.6 Å². The minimum atomic E-state index is -4.79. The lowest BCUT2D eigenvalue weighted by molar-refractivity contribution is -0.137. The summed E-state index contributed by atoms with van der Waals surface area (Å²) in [5, 5.41) is -0.984. The van der Waals surface area contributed by atoms with Crippen LogP contribution in [0.3, 0.4) is 0 Å². The number of carbonyl (C=O) groups excluding carboxylic acids is 1. The molecule has 0 fully saturated rings. The zero-order valence-electron chi connectivity index (χ0n) is 8.41. The van der Waals surface area contributed by atoms with Gasteiger partial charge in [0.25, 0.3) is 6.43 Å². The average molecular weight is 273 g/mol. The summed E-state index contributed by atoms with van der Waals surface area (Å²) in [7, 11) is 0. The van der Waals surface area contributed by atoms with Crippen LogP contribution in [0.5, 0.6) is 0 Å². The fourth-order valence-corrected chi connectivity index (χ4v) is 1.76. The summed E-state index contributed by atoms with van der Waals surface area (Å²) < 4.78 is 62.3. The van der Waals surface area contributed by atoms with Crippen molar-refractivity contribution in [3.63, 3.8) is 0 Å². The highest BCUT2D eigenvalue weighted by atomic mass is 35.5. The number of alkyl halides is 5. The van der Waals surface area contributed by atoms with E-state index in [1.807, 2.05) is 0 Å². The van der Waals surface area contributed by atoms with Gasteiger partial charge in [-0.3, -0.25) is 4.79 Å². The van der Waals surface area contributed by atoms with E-state index >= 15 is 0 Å². The van der Waals surface area contributed by atoms with Crippen LogP contribution in [-0.4, -0.2) is 5.78 Å². The SMILES string of the molecule is CC(=O)c1c(C(F)F)ccc(C(F)(F)F)c1Cl. The largest absolute Gasteiger partial charge is 0.417 e. The highest BCUT2D eigenvalue weighted by Gasteiger charge is 2.36. The summed E-state index contributed by atoms with van der Waals surface area (Å²) in [5.41, 5.74) is -2.87. The van der Waals surface area contributed by atoms with Gasteiger partial charge < -0.3 is 0 Å². The quantitative estimate of drug-likeness (QED) is 0.572. The maximum absolute atomic E-state index is 12.5. The van der Waals surface area contributed by atoms with Gasteiger partial charge in [-0.05, 0) is 13.0 Å². The minimum Gasteiger partial charge on any atom is -0.294 e. The molecule has 0 radical (unpaired) electrons. The molecule has 0 saturated carbocycles. The molecule has 0 spiro atoms. The molecule has 0 saturated heterocycles. The molecule has 1 nitrogen and oxygen atoms in total. The summed E-state index contributed by atoms with van der Waals surface area (Å²) in [6.07, 6.45) is -7.85. The van der Waals surface area contributed by atoms with E-state index in [0.717, 1.165) is 6.92 Å². The van der Waals surface area contributed by atoms with E-state index in [2.05, 4.69) is 0 Å². The van der Waals surface area contributed by atoms with Crippen LogP contribution in [0.2, 0.25) is 5.02 Å². The van der Waals surface area contributed by atoms with Crippen molar-refractivity contribution in [2.45, 2.75) is 19.5 Å². The first-order valence-electron chi connectivity index (χ1n) is 4.35. The van der Waals surface area contributed by atoms with Crippen LogP contribution in [0.4, 0.5) is 22.0 Å². The number of Topliss-reactive ketones (excluding diaryl/α,β-unsaturated/α-hetero) is 1. The second kappa shape index (κ2) is 4.60. The molecule has 0 unspecified atom stereocenters. The predicted octanol–water partition coefficient (Wildman–Crippen LogP) is 4.50. The van der Waals surface area contributed by atoms with Crippen LogP contribution in [0.1, 0.15) is 34.8 Å². The zero-order chi connectivity index (χ0) is 13.4. The van der Waals surface area contributed by atoms with Gasteiger partial charge in [-0.1, -0.05) is 17.7 Å². The third-order valence-corrected chi connectivity index (χ3v) is 2.46. The van der Waals surface area contributed by atoms with E-state index in [9.17, 15) is 26.7 Å². The Morgan fingerprint density at radius 1 is 1.29 bits per heavy atom. The average Bonchev–Trinajstić information content (AvgIpc) is 2.13. The number of hydrogen-bond donors (Lipinski definition) is 0. The maximum Gasteiger partial charge on any atom is 0.417 e. The molecule has 1 rings (SSSR count). The first-order chi connectivity index (χ1) is 7.66. The number of carbonyl (C=O) groups is 1. The van der Waals surface area contributed by atoms with Gasteiger partial charge in [-0.15, -0.1) is 0 Å². The number of rotatable bonds is 2. The second-order valence-electron chi connectivity index (χ2n) is 3.25. The molecule has 1 aromatic rings. The molecule has 0 atom stereocenters. The Morgan fingerprint density at radius 3 is 2.18 bits per heavy atom. The van der Waals surface area contributed by atoms with Gasteiger partial charge in [0, 0.05) is 11.1 Å². The molecule has 0 aliphatic carbocycles. The van der Waals surface area contributed by atoms with E-state index < -0.39 is 40.1 Å². The maximum atomic E-state index is 12.5. The Bertz CT molecular complexity index is 453. The van der Waals surface area contributed by atoms with Gasteiger partial charge in [0.1, 0.15) is 0 Å². The molecule has 17 heavy (non-hydrogen) atoms. The van der Waals surface area contributed by atoms with E-state index in [1.54, 1.807) is 0 Å².